The maximum absolute atomic E-state index is 12.4. The van der Waals surface area contributed by atoms with Gasteiger partial charge in [0.05, 0.1) is 6.61 Å². The zero-order chi connectivity index (χ0) is 17.1. The Kier molecular flexibility index (Phi) is 5.15. The van der Waals surface area contributed by atoms with Gasteiger partial charge in [-0.3, -0.25) is 9.59 Å². The lowest BCUT2D eigenvalue weighted by Gasteiger charge is -2.35. The molecule has 0 spiro atoms. The molecule has 2 atom stereocenters. The SMILES string of the molecule is CN1CCO[C@H](C(=O)N[C@H]2CCCN(c3nccn(C)c3=O)C2)C1. The summed E-state index contributed by atoms with van der Waals surface area (Å²) in [5, 5.41) is 3.07. The largest absolute Gasteiger partial charge is 0.366 e. The Balaban J connectivity index is 1.62. The number of nitrogens with zero attached hydrogens (tertiary/aromatic N) is 4. The van der Waals surface area contributed by atoms with E-state index in [1.54, 1.807) is 19.4 Å². The molecule has 0 saturated carbocycles. The van der Waals surface area contributed by atoms with Gasteiger partial charge in [-0.25, -0.2) is 4.98 Å². The highest BCUT2D eigenvalue weighted by Crippen LogP contribution is 2.15. The predicted octanol–water partition coefficient (Wildman–Crippen LogP) is -0.804. The fourth-order valence-corrected chi connectivity index (χ4v) is 3.22. The van der Waals surface area contributed by atoms with Crippen LogP contribution in [0.5, 0.6) is 0 Å². The van der Waals surface area contributed by atoms with Gasteiger partial charge in [-0.15, -0.1) is 0 Å². The Morgan fingerprint density at radius 3 is 2.96 bits per heavy atom. The third-order valence-corrected chi connectivity index (χ3v) is 4.63. The van der Waals surface area contributed by atoms with Crippen molar-refractivity contribution in [2.45, 2.75) is 25.0 Å². The van der Waals surface area contributed by atoms with Crippen LogP contribution < -0.4 is 15.8 Å². The van der Waals surface area contributed by atoms with Crippen LogP contribution in [-0.2, 0) is 16.6 Å². The summed E-state index contributed by atoms with van der Waals surface area (Å²) in [6.07, 6.45) is 4.67. The van der Waals surface area contributed by atoms with E-state index in [1.165, 1.54) is 4.57 Å². The van der Waals surface area contributed by atoms with Crippen molar-refractivity contribution in [2.75, 3.05) is 44.7 Å². The molecule has 8 nitrogen and oxygen atoms in total. The Morgan fingerprint density at radius 1 is 1.33 bits per heavy atom. The molecule has 2 aliphatic heterocycles. The topological polar surface area (TPSA) is 79.7 Å². The predicted molar refractivity (Wildman–Crippen MR) is 90.1 cm³/mol. The third-order valence-electron chi connectivity index (χ3n) is 4.63. The van der Waals surface area contributed by atoms with E-state index in [4.69, 9.17) is 4.74 Å². The van der Waals surface area contributed by atoms with Crippen LogP contribution in [0, 0.1) is 0 Å². The highest BCUT2D eigenvalue weighted by molar-refractivity contribution is 5.81. The number of hydrogen-bond acceptors (Lipinski definition) is 6. The van der Waals surface area contributed by atoms with Crippen LogP contribution in [0.25, 0.3) is 0 Å². The first-order chi connectivity index (χ1) is 11.5. The average Bonchev–Trinajstić information content (AvgIpc) is 2.57. The lowest BCUT2D eigenvalue weighted by Crippen LogP contribution is -2.54. The molecule has 0 bridgehead atoms. The number of likely N-dealkylation sites (N-methyl/N-ethyl adjacent to an activating group) is 1. The normalized spacial score (nSPS) is 25.5. The van der Waals surface area contributed by atoms with E-state index in [0.717, 1.165) is 25.9 Å². The van der Waals surface area contributed by atoms with Crippen LogP contribution in [0.15, 0.2) is 17.2 Å². The van der Waals surface area contributed by atoms with Gasteiger partial charge in [-0.2, -0.15) is 0 Å². The summed E-state index contributed by atoms with van der Waals surface area (Å²) in [5.74, 6) is 0.384. The highest BCUT2D eigenvalue weighted by atomic mass is 16.5. The van der Waals surface area contributed by atoms with Crippen molar-refractivity contribution in [1.29, 1.82) is 0 Å². The molecule has 8 heteroatoms. The summed E-state index contributed by atoms with van der Waals surface area (Å²) in [6.45, 7) is 3.42. The first-order valence-corrected chi connectivity index (χ1v) is 8.41. The summed E-state index contributed by atoms with van der Waals surface area (Å²) in [6, 6.07) is 0.00814. The van der Waals surface area contributed by atoms with Crippen LogP contribution in [0.2, 0.25) is 0 Å². The standard InChI is InChI=1S/C16H25N5O3/c1-19-8-9-24-13(11-19)15(22)18-12-4-3-6-21(10-12)14-16(23)20(2)7-5-17-14/h5,7,12-13H,3-4,6,8-11H2,1-2H3,(H,18,22)/t12-,13-/m0/s1. The van der Waals surface area contributed by atoms with Gasteiger partial charge in [-0.1, -0.05) is 0 Å². The first kappa shape index (κ1) is 16.9. The van der Waals surface area contributed by atoms with Crippen molar-refractivity contribution in [3.63, 3.8) is 0 Å². The molecule has 1 amide bonds. The number of anilines is 1. The number of hydrogen-bond donors (Lipinski definition) is 1. The Labute approximate surface area is 141 Å². The molecule has 132 valence electrons. The van der Waals surface area contributed by atoms with E-state index in [1.807, 2.05) is 11.9 Å². The van der Waals surface area contributed by atoms with Gasteiger partial charge >= 0.3 is 0 Å². The number of nitrogens with one attached hydrogen (secondary N) is 1. The average molecular weight is 335 g/mol. The lowest BCUT2D eigenvalue weighted by molar-refractivity contribution is -0.138. The molecule has 1 aromatic rings. The van der Waals surface area contributed by atoms with E-state index in [-0.39, 0.29) is 17.5 Å². The quantitative estimate of drug-likeness (QED) is 0.779. The number of carbonyl (C=O) groups excluding carboxylic acids is 1. The van der Waals surface area contributed by atoms with Gasteiger partial charge in [0, 0.05) is 51.7 Å². The van der Waals surface area contributed by atoms with E-state index >= 15 is 0 Å². The summed E-state index contributed by atoms with van der Waals surface area (Å²) < 4.78 is 7.09. The molecule has 0 unspecified atom stereocenters. The van der Waals surface area contributed by atoms with Crippen molar-refractivity contribution < 1.29 is 9.53 Å². The minimum Gasteiger partial charge on any atom is -0.366 e. The summed E-state index contributed by atoms with van der Waals surface area (Å²) in [7, 11) is 3.70. The zero-order valence-corrected chi connectivity index (χ0v) is 14.3. The van der Waals surface area contributed by atoms with Crippen molar-refractivity contribution >= 4 is 11.7 Å². The number of amides is 1. The molecule has 2 aliphatic rings. The van der Waals surface area contributed by atoms with Gasteiger partial charge in [0.2, 0.25) is 0 Å². The van der Waals surface area contributed by atoms with Crippen molar-refractivity contribution in [3.05, 3.63) is 22.7 Å². The number of morpholine rings is 1. The van der Waals surface area contributed by atoms with Crippen molar-refractivity contribution in [2.24, 2.45) is 7.05 Å². The zero-order valence-electron chi connectivity index (χ0n) is 14.3. The monoisotopic (exact) mass is 335 g/mol. The van der Waals surface area contributed by atoms with Crippen LogP contribution in [-0.4, -0.2) is 72.3 Å². The fraction of sp³-hybridized carbons (Fsp3) is 0.688. The molecule has 0 aliphatic carbocycles. The molecule has 3 heterocycles. The summed E-state index contributed by atoms with van der Waals surface area (Å²) in [5.41, 5.74) is -0.110. The number of carbonyl (C=O) groups is 1. The van der Waals surface area contributed by atoms with E-state index < -0.39 is 6.10 Å². The molecule has 0 aromatic carbocycles. The molecular weight excluding hydrogens is 310 g/mol. The van der Waals surface area contributed by atoms with Gasteiger partial charge in [0.25, 0.3) is 11.5 Å². The Morgan fingerprint density at radius 2 is 2.17 bits per heavy atom. The second kappa shape index (κ2) is 7.31. The Hall–Kier alpha value is -1.93. The summed E-state index contributed by atoms with van der Waals surface area (Å²) >= 11 is 0. The number of piperidine rings is 1. The maximum Gasteiger partial charge on any atom is 0.293 e. The van der Waals surface area contributed by atoms with Crippen LogP contribution in [0.3, 0.4) is 0 Å². The number of rotatable bonds is 3. The first-order valence-electron chi connectivity index (χ1n) is 8.41. The maximum atomic E-state index is 12.4. The molecular formula is C16H25N5O3. The number of aromatic nitrogens is 2. The minimum absolute atomic E-state index is 0.00814. The smallest absolute Gasteiger partial charge is 0.293 e. The molecule has 3 rings (SSSR count). The van der Waals surface area contributed by atoms with Crippen LogP contribution >= 0.6 is 0 Å². The molecule has 1 N–H and O–H groups in total. The number of aryl methyl sites for hydroxylation is 1. The van der Waals surface area contributed by atoms with Crippen LogP contribution in [0.1, 0.15) is 12.8 Å². The second-order valence-electron chi connectivity index (χ2n) is 6.58. The van der Waals surface area contributed by atoms with Crippen molar-refractivity contribution in [1.82, 2.24) is 19.8 Å². The van der Waals surface area contributed by atoms with Gasteiger partial charge < -0.3 is 24.4 Å². The third kappa shape index (κ3) is 3.76. The van der Waals surface area contributed by atoms with E-state index in [2.05, 4.69) is 15.2 Å². The minimum atomic E-state index is -0.415. The van der Waals surface area contributed by atoms with E-state index in [0.29, 0.717) is 25.5 Å². The highest BCUT2D eigenvalue weighted by Gasteiger charge is 2.29. The molecule has 2 saturated heterocycles. The van der Waals surface area contributed by atoms with Gasteiger partial charge in [-0.05, 0) is 19.9 Å². The Bertz CT molecular complexity index is 647. The molecule has 2 fully saturated rings. The van der Waals surface area contributed by atoms with Gasteiger partial charge in [0.15, 0.2) is 5.82 Å². The van der Waals surface area contributed by atoms with Crippen molar-refractivity contribution in [3.8, 4) is 0 Å². The second-order valence-corrected chi connectivity index (χ2v) is 6.58. The summed E-state index contributed by atoms with van der Waals surface area (Å²) in [4.78, 5) is 32.9. The van der Waals surface area contributed by atoms with Gasteiger partial charge in [0.1, 0.15) is 6.10 Å². The molecule has 0 radical (unpaired) electrons. The van der Waals surface area contributed by atoms with Crippen LogP contribution in [0.4, 0.5) is 5.82 Å². The number of ether oxygens (including phenoxy) is 1. The molecule has 1 aromatic heterocycles. The fourth-order valence-electron chi connectivity index (χ4n) is 3.22. The molecule has 24 heavy (non-hydrogen) atoms. The van der Waals surface area contributed by atoms with E-state index in [9.17, 15) is 9.59 Å². The lowest BCUT2D eigenvalue weighted by atomic mass is 10.1.